The Bertz CT molecular complexity index is 663. The van der Waals surface area contributed by atoms with E-state index >= 15 is 0 Å². The van der Waals surface area contributed by atoms with Crippen LogP contribution in [0.5, 0.6) is 5.75 Å². The summed E-state index contributed by atoms with van der Waals surface area (Å²) in [6, 6.07) is 8.22. The number of ether oxygens (including phenoxy) is 2. The molecule has 1 aliphatic heterocycles. The maximum atomic E-state index is 11.8. The van der Waals surface area contributed by atoms with E-state index in [0.717, 1.165) is 24.2 Å². The van der Waals surface area contributed by atoms with Gasteiger partial charge in [-0.15, -0.1) is 24.0 Å². The summed E-state index contributed by atoms with van der Waals surface area (Å²) in [7, 11) is 5.70. The normalized spacial score (nSPS) is 16.2. The monoisotopic (exact) mass is 519 g/mol. The van der Waals surface area contributed by atoms with E-state index in [1.54, 1.807) is 12.0 Å². The molecule has 1 atom stereocenters. The Balaban J connectivity index is 0.00000420. The number of aliphatic imine (C=N–C) groups is 1. The molecule has 1 aliphatic rings. The average molecular weight is 519 g/mol. The molecule has 1 amide bonds. The van der Waals surface area contributed by atoms with Crippen LogP contribution in [0.25, 0.3) is 0 Å². The molecule has 0 aromatic heterocycles. The van der Waals surface area contributed by atoms with Crippen molar-refractivity contribution in [2.75, 3.05) is 47.4 Å². The maximum absolute atomic E-state index is 11.8. The predicted molar refractivity (Wildman–Crippen MR) is 126 cm³/mol. The molecule has 29 heavy (non-hydrogen) atoms. The minimum Gasteiger partial charge on any atom is -0.496 e. The van der Waals surface area contributed by atoms with Gasteiger partial charge in [0.25, 0.3) is 0 Å². The summed E-state index contributed by atoms with van der Waals surface area (Å²) in [5.41, 5.74) is 7.21. The van der Waals surface area contributed by atoms with E-state index in [1.165, 1.54) is 0 Å². The van der Waals surface area contributed by atoms with E-state index in [1.807, 2.05) is 45.3 Å². The van der Waals surface area contributed by atoms with Crippen LogP contribution in [0, 0.1) is 0 Å². The molecule has 164 valence electrons. The second kappa shape index (κ2) is 12.7. The van der Waals surface area contributed by atoms with Gasteiger partial charge < -0.3 is 30.3 Å². The lowest BCUT2D eigenvalue weighted by Gasteiger charge is -2.32. The third-order valence-corrected chi connectivity index (χ3v) is 4.93. The number of nitrogens with two attached hydrogens (primary N) is 1. The summed E-state index contributed by atoms with van der Waals surface area (Å²) in [4.78, 5) is 20.2. The van der Waals surface area contributed by atoms with Crippen LogP contribution < -0.4 is 15.8 Å². The molecule has 0 aliphatic carbocycles. The summed E-state index contributed by atoms with van der Waals surface area (Å²) in [6.07, 6.45) is 1.39. The Labute approximate surface area is 190 Å². The first-order valence-electron chi connectivity index (χ1n) is 9.73. The molecular formula is C20H34IN5O3. The van der Waals surface area contributed by atoms with Gasteiger partial charge in [-0.1, -0.05) is 18.2 Å². The van der Waals surface area contributed by atoms with Gasteiger partial charge in [-0.25, -0.2) is 4.79 Å². The van der Waals surface area contributed by atoms with Gasteiger partial charge in [0.05, 0.1) is 26.3 Å². The van der Waals surface area contributed by atoms with Crippen LogP contribution in [0.15, 0.2) is 29.3 Å². The van der Waals surface area contributed by atoms with Gasteiger partial charge in [0, 0.05) is 24.7 Å². The van der Waals surface area contributed by atoms with Crippen molar-refractivity contribution in [1.82, 2.24) is 15.1 Å². The Morgan fingerprint density at radius 3 is 2.59 bits per heavy atom. The fourth-order valence-corrected chi connectivity index (χ4v) is 3.34. The topological polar surface area (TPSA) is 92.4 Å². The van der Waals surface area contributed by atoms with Crippen LogP contribution in [0.4, 0.5) is 4.79 Å². The molecule has 1 unspecified atom stereocenters. The number of para-hydroxylation sites is 1. The Kier molecular flexibility index (Phi) is 11.1. The molecule has 2 rings (SSSR count). The van der Waals surface area contributed by atoms with E-state index < -0.39 is 0 Å². The van der Waals surface area contributed by atoms with E-state index in [4.69, 9.17) is 15.2 Å². The Morgan fingerprint density at radius 2 is 2.00 bits per heavy atom. The van der Waals surface area contributed by atoms with E-state index in [2.05, 4.69) is 15.2 Å². The molecule has 1 saturated heterocycles. The predicted octanol–water partition coefficient (Wildman–Crippen LogP) is 2.44. The summed E-state index contributed by atoms with van der Waals surface area (Å²) >= 11 is 0. The number of likely N-dealkylation sites (tertiary alicyclic amines) is 1. The van der Waals surface area contributed by atoms with Crippen molar-refractivity contribution >= 4 is 36.0 Å². The zero-order chi connectivity index (χ0) is 20.5. The van der Waals surface area contributed by atoms with Crippen LogP contribution in [-0.2, 0) is 4.74 Å². The molecule has 0 radical (unpaired) electrons. The number of nitrogens with zero attached hydrogens (tertiary/aromatic N) is 3. The largest absolute Gasteiger partial charge is 0.496 e. The number of guanidine groups is 1. The van der Waals surface area contributed by atoms with Gasteiger partial charge in [-0.3, -0.25) is 4.99 Å². The third kappa shape index (κ3) is 7.54. The lowest BCUT2D eigenvalue weighted by atomic mass is 10.0. The molecule has 1 aromatic carbocycles. The number of likely N-dealkylation sites (N-methyl/N-ethyl adjacent to an activating group) is 1. The van der Waals surface area contributed by atoms with Crippen molar-refractivity contribution in [3.63, 3.8) is 0 Å². The summed E-state index contributed by atoms with van der Waals surface area (Å²) in [5.74, 6) is 1.27. The lowest BCUT2D eigenvalue weighted by Crippen LogP contribution is -2.48. The Hall–Kier alpha value is -1.75. The number of carbonyl (C=O) groups excluding carboxylic acids is 1. The molecule has 1 heterocycles. The number of hydrogen-bond donors (Lipinski definition) is 2. The number of piperidine rings is 1. The zero-order valence-electron chi connectivity index (χ0n) is 17.8. The van der Waals surface area contributed by atoms with Gasteiger partial charge in [-0.05, 0) is 39.9 Å². The number of rotatable bonds is 7. The van der Waals surface area contributed by atoms with E-state index in [-0.39, 0.29) is 42.2 Å². The number of amides is 1. The van der Waals surface area contributed by atoms with Crippen molar-refractivity contribution in [1.29, 1.82) is 0 Å². The highest BCUT2D eigenvalue weighted by Crippen LogP contribution is 2.28. The van der Waals surface area contributed by atoms with Crippen LogP contribution in [0.3, 0.4) is 0 Å². The molecule has 0 saturated carbocycles. The van der Waals surface area contributed by atoms with E-state index in [0.29, 0.717) is 32.2 Å². The van der Waals surface area contributed by atoms with Gasteiger partial charge in [-0.2, -0.15) is 0 Å². The van der Waals surface area contributed by atoms with Crippen molar-refractivity contribution < 1.29 is 14.3 Å². The van der Waals surface area contributed by atoms with Crippen molar-refractivity contribution in [3.05, 3.63) is 29.8 Å². The second-order valence-electron chi connectivity index (χ2n) is 7.05. The fraction of sp³-hybridized carbons (Fsp3) is 0.600. The summed E-state index contributed by atoms with van der Waals surface area (Å²) in [5, 5.41) is 3.28. The smallest absolute Gasteiger partial charge is 0.409 e. The SMILES string of the molecule is CCOC(=O)N1CCC(NC(N)=NCC(c2ccccc2OC)N(C)C)CC1.I. The number of hydrogen-bond acceptors (Lipinski definition) is 5. The Morgan fingerprint density at radius 1 is 1.34 bits per heavy atom. The van der Waals surface area contributed by atoms with Crippen LogP contribution >= 0.6 is 24.0 Å². The molecule has 1 fully saturated rings. The van der Waals surface area contributed by atoms with Crippen molar-refractivity contribution in [2.45, 2.75) is 31.8 Å². The van der Waals surface area contributed by atoms with Crippen molar-refractivity contribution in [3.8, 4) is 5.75 Å². The highest BCUT2D eigenvalue weighted by molar-refractivity contribution is 14.0. The maximum Gasteiger partial charge on any atom is 0.409 e. The van der Waals surface area contributed by atoms with Gasteiger partial charge in [0.1, 0.15) is 5.75 Å². The highest BCUT2D eigenvalue weighted by atomic mass is 127. The second-order valence-corrected chi connectivity index (χ2v) is 7.05. The molecule has 3 N–H and O–H groups in total. The minimum atomic E-state index is -0.242. The number of methoxy groups -OCH3 is 1. The van der Waals surface area contributed by atoms with Crippen LogP contribution in [-0.4, -0.2) is 75.3 Å². The fourth-order valence-electron chi connectivity index (χ4n) is 3.34. The number of nitrogens with one attached hydrogen (secondary N) is 1. The minimum absolute atomic E-state index is 0. The molecular weight excluding hydrogens is 485 g/mol. The first-order valence-corrected chi connectivity index (χ1v) is 9.73. The summed E-state index contributed by atoms with van der Waals surface area (Å²) < 4.78 is 10.5. The van der Waals surface area contributed by atoms with Gasteiger partial charge in [0.2, 0.25) is 0 Å². The van der Waals surface area contributed by atoms with Crippen molar-refractivity contribution in [2.24, 2.45) is 10.7 Å². The first kappa shape index (κ1) is 25.3. The van der Waals surface area contributed by atoms with E-state index in [9.17, 15) is 4.79 Å². The number of carbonyl (C=O) groups is 1. The summed E-state index contributed by atoms with van der Waals surface area (Å²) in [6.45, 7) is 4.05. The molecule has 9 heteroatoms. The first-order chi connectivity index (χ1) is 13.5. The highest BCUT2D eigenvalue weighted by Gasteiger charge is 2.24. The zero-order valence-corrected chi connectivity index (χ0v) is 20.1. The molecule has 8 nitrogen and oxygen atoms in total. The number of halogens is 1. The van der Waals surface area contributed by atoms with Gasteiger partial charge in [0.15, 0.2) is 5.96 Å². The lowest BCUT2D eigenvalue weighted by molar-refractivity contribution is 0.0963. The van der Waals surface area contributed by atoms with Crippen LogP contribution in [0.1, 0.15) is 31.4 Å². The third-order valence-electron chi connectivity index (χ3n) is 4.93. The quantitative estimate of drug-likeness (QED) is 0.327. The standard InChI is InChI=1S/C20H33N5O3.HI/c1-5-28-20(26)25-12-10-15(11-13-25)23-19(21)22-14-17(24(2)3)16-8-6-7-9-18(16)27-4;/h6-9,15,17H,5,10-14H2,1-4H3,(H3,21,22,23);1H. The molecule has 0 bridgehead atoms. The molecule has 0 spiro atoms. The molecule has 1 aromatic rings. The van der Waals surface area contributed by atoms with Gasteiger partial charge >= 0.3 is 6.09 Å². The van der Waals surface area contributed by atoms with Crippen LogP contribution in [0.2, 0.25) is 0 Å². The number of benzene rings is 1. The average Bonchev–Trinajstić information content (AvgIpc) is 2.69.